The molecule has 3 aliphatic carbocycles. The van der Waals surface area contributed by atoms with Crippen molar-refractivity contribution in [1.82, 2.24) is 0 Å². The van der Waals surface area contributed by atoms with Crippen molar-refractivity contribution in [2.45, 2.75) is 114 Å². The Morgan fingerprint density at radius 3 is 1.36 bits per heavy atom. The van der Waals surface area contributed by atoms with Crippen LogP contribution in [0.2, 0.25) is 0 Å². The molecule has 0 heterocycles. The van der Waals surface area contributed by atoms with Crippen molar-refractivity contribution in [1.29, 1.82) is 0 Å². The van der Waals surface area contributed by atoms with Gasteiger partial charge in [0.1, 0.15) is 0 Å². The van der Waals surface area contributed by atoms with Crippen LogP contribution in [-0.2, 0) is 35.1 Å². The van der Waals surface area contributed by atoms with Gasteiger partial charge in [0, 0.05) is 10.8 Å². The Morgan fingerprint density at radius 2 is 1.04 bits per heavy atom. The van der Waals surface area contributed by atoms with Gasteiger partial charge in [0.15, 0.2) is 0 Å². The van der Waals surface area contributed by atoms with Crippen molar-refractivity contribution in [3.8, 4) is 0 Å². The van der Waals surface area contributed by atoms with Crippen LogP contribution in [-0.4, -0.2) is 3.21 Å². The van der Waals surface area contributed by atoms with Gasteiger partial charge in [0.25, 0.3) is 0 Å². The van der Waals surface area contributed by atoms with Gasteiger partial charge in [-0.3, -0.25) is 6.08 Å². The summed E-state index contributed by atoms with van der Waals surface area (Å²) in [5, 5.41) is 5.58. The van der Waals surface area contributed by atoms with Crippen molar-refractivity contribution in [3.05, 3.63) is 160 Å². The van der Waals surface area contributed by atoms with Gasteiger partial charge < -0.3 is 0 Å². The first kappa shape index (κ1) is 42.1. The van der Waals surface area contributed by atoms with E-state index in [9.17, 15) is 0 Å². The second kappa shape index (κ2) is 15.3. The van der Waals surface area contributed by atoms with Crippen molar-refractivity contribution in [2.24, 2.45) is 22.2 Å². The van der Waals surface area contributed by atoms with E-state index in [0.29, 0.717) is 11.3 Å². The van der Waals surface area contributed by atoms with Crippen molar-refractivity contribution in [2.75, 3.05) is 0 Å². The van der Waals surface area contributed by atoms with Crippen LogP contribution in [0.3, 0.4) is 0 Å². The maximum absolute atomic E-state index is 3.35. The molecule has 0 N–H and O–H groups in total. The summed E-state index contributed by atoms with van der Waals surface area (Å²) in [5.41, 5.74) is 13.7. The third-order valence-corrected chi connectivity index (χ3v) is 13.3. The second-order valence-electron chi connectivity index (χ2n) is 20.5. The van der Waals surface area contributed by atoms with E-state index in [1.807, 2.05) is 0 Å². The Balaban J connectivity index is 0.000000174. The molecule has 56 heavy (non-hydrogen) atoms. The number of fused-ring (bicyclic) bond motifs is 5. The van der Waals surface area contributed by atoms with Crippen LogP contribution < -0.4 is 0 Å². The molecule has 0 fully saturated rings. The molecule has 0 radical (unpaired) electrons. The van der Waals surface area contributed by atoms with E-state index in [2.05, 4.69) is 218 Å². The minimum atomic E-state index is 0.0848. The molecule has 0 bridgehead atoms. The van der Waals surface area contributed by atoms with Crippen LogP contribution in [0.15, 0.2) is 121 Å². The average molecular weight is 816 g/mol. The quantitative estimate of drug-likeness (QED) is 0.159. The van der Waals surface area contributed by atoms with Crippen molar-refractivity contribution < 1.29 is 24.2 Å². The number of hydrogen-bond acceptors (Lipinski definition) is 0. The van der Waals surface area contributed by atoms with E-state index in [1.54, 1.807) is 0 Å². The van der Waals surface area contributed by atoms with Crippen LogP contribution >= 0.6 is 0 Å². The molecule has 5 aromatic rings. The summed E-state index contributed by atoms with van der Waals surface area (Å²) < 4.78 is 1.42. The van der Waals surface area contributed by atoms with E-state index in [4.69, 9.17) is 0 Å². The van der Waals surface area contributed by atoms with Gasteiger partial charge in [-0.25, -0.2) is 6.08 Å². The van der Waals surface area contributed by atoms with Gasteiger partial charge in [-0.2, -0.15) is 11.6 Å². The number of benzene rings is 4. The fourth-order valence-electron chi connectivity index (χ4n) is 8.48. The molecule has 0 spiro atoms. The number of hydrogen-bond donors (Lipinski definition) is 0. The van der Waals surface area contributed by atoms with E-state index < -0.39 is 0 Å². The van der Waals surface area contributed by atoms with Gasteiger partial charge >= 0.3 is 99.2 Å². The monoisotopic (exact) mass is 814 g/mol. The van der Waals surface area contributed by atoms with E-state index in [1.165, 1.54) is 106 Å². The molecular formula is C55H64Zr. The SMILES string of the molecule is CC(C)(C)C1=CC(C)(C)c2cc3[cH-]c4cc5c(cc4c3cc21)C(C(C)(C)C)=CC5(C)C.CCC1[C-]=CC(C(C)(C)C)=C1.[Zr+2]=[C](c1ccccc1)c1ccccc1. The molecule has 0 saturated heterocycles. The molecule has 3 aliphatic rings. The molecule has 0 aliphatic heterocycles. The molecule has 0 nitrogen and oxygen atoms in total. The number of rotatable bonds is 3. The molecular weight excluding hydrogens is 752 g/mol. The van der Waals surface area contributed by atoms with Crippen LogP contribution in [0.1, 0.15) is 137 Å². The first-order valence-corrected chi connectivity index (χ1v) is 21.9. The van der Waals surface area contributed by atoms with Gasteiger partial charge in [0.2, 0.25) is 0 Å². The molecule has 0 amide bonds. The summed E-state index contributed by atoms with van der Waals surface area (Å²) in [7, 11) is 0. The summed E-state index contributed by atoms with van der Waals surface area (Å²) in [6, 6.07) is 33.4. The third-order valence-electron chi connectivity index (χ3n) is 11.8. The second-order valence-corrected chi connectivity index (χ2v) is 21.7. The molecule has 1 atom stereocenters. The zero-order chi connectivity index (χ0) is 41.0. The predicted molar refractivity (Wildman–Crippen MR) is 243 cm³/mol. The standard InChI is InChI=1S/C31H37.C13H10.C11H17.Zr/c1-28(2,3)26-16-30(7,8)24-12-18-11-19-13-25-23(15-21(19)20(18)14-22(24)26)27(29(4,5)6)17-31(25,9)10;1-3-7-12(8-4-1)11-13-9-5-2-6-10-13;1-5-9-6-7-10(8-9)11(2,3)4;/h11-17H,1-10H3;1-10H;7-9H,5H2,1-4H3;/q-1;;-1;+2. The Bertz CT molecular complexity index is 2230. The molecule has 1 heteroatoms. The predicted octanol–water partition coefficient (Wildman–Crippen LogP) is 15.3. The Kier molecular flexibility index (Phi) is 11.5. The normalized spacial score (nSPS) is 18.0. The first-order valence-electron chi connectivity index (χ1n) is 20.7. The van der Waals surface area contributed by atoms with E-state index >= 15 is 0 Å². The van der Waals surface area contributed by atoms with Crippen LogP contribution in [0.4, 0.5) is 0 Å². The Hall–Kier alpha value is -3.54. The fraction of sp³-hybridized carbons (Fsp3) is 0.382. The maximum atomic E-state index is 3.35. The summed E-state index contributed by atoms with van der Waals surface area (Å²) in [4.78, 5) is 0. The Labute approximate surface area is 354 Å². The van der Waals surface area contributed by atoms with Gasteiger partial charge in [-0.15, -0.1) is 39.7 Å². The summed E-state index contributed by atoms with van der Waals surface area (Å²) in [6.45, 7) is 32.4. The molecule has 8 rings (SSSR count). The van der Waals surface area contributed by atoms with Gasteiger partial charge in [-0.1, -0.05) is 150 Å². The van der Waals surface area contributed by atoms with Gasteiger partial charge in [0.05, 0.1) is 0 Å². The minimum absolute atomic E-state index is 0.0848. The molecule has 0 saturated carbocycles. The zero-order valence-corrected chi connectivity index (χ0v) is 39.2. The summed E-state index contributed by atoms with van der Waals surface area (Å²) >= 11 is 1.46. The Morgan fingerprint density at radius 1 is 0.625 bits per heavy atom. The van der Waals surface area contributed by atoms with Gasteiger partial charge in [-0.05, 0) is 33.1 Å². The van der Waals surface area contributed by atoms with E-state index in [0.717, 1.165) is 0 Å². The fourth-order valence-corrected chi connectivity index (χ4v) is 9.30. The summed E-state index contributed by atoms with van der Waals surface area (Å²) in [6.07, 6.45) is 14.0. The third kappa shape index (κ3) is 8.65. The molecule has 288 valence electrons. The van der Waals surface area contributed by atoms with Crippen LogP contribution in [0, 0.1) is 28.2 Å². The summed E-state index contributed by atoms with van der Waals surface area (Å²) in [5.74, 6) is 0.573. The number of allylic oxidation sites excluding steroid dienone is 8. The van der Waals surface area contributed by atoms with Crippen molar-refractivity contribution >= 4 is 35.9 Å². The molecule has 5 aromatic carbocycles. The van der Waals surface area contributed by atoms with E-state index in [-0.39, 0.29) is 21.7 Å². The first-order chi connectivity index (χ1) is 26.0. The van der Waals surface area contributed by atoms with Crippen molar-refractivity contribution in [3.63, 3.8) is 0 Å². The average Bonchev–Trinajstić information content (AvgIpc) is 3.89. The van der Waals surface area contributed by atoms with Crippen LogP contribution in [0.25, 0.3) is 32.7 Å². The topological polar surface area (TPSA) is 0 Å². The molecule has 1 unspecified atom stereocenters. The zero-order valence-electron chi connectivity index (χ0n) is 36.8. The van der Waals surface area contributed by atoms with Crippen LogP contribution in [0.5, 0.6) is 0 Å². The molecule has 0 aromatic heterocycles.